The highest BCUT2D eigenvalue weighted by molar-refractivity contribution is 7.78. The Morgan fingerprint density at radius 1 is 0.765 bits per heavy atom. The molecule has 0 aromatic heterocycles. The maximum atomic E-state index is 8.89. The summed E-state index contributed by atoms with van der Waals surface area (Å²) in [4.78, 5) is 8.89. The van der Waals surface area contributed by atoms with Crippen LogP contribution in [0.1, 0.15) is 62.3 Å². The fourth-order valence-corrected chi connectivity index (χ4v) is 10.7. The molecule has 3 heteroatoms. The van der Waals surface area contributed by atoms with Crippen molar-refractivity contribution >= 4 is 13.2 Å². The molecule has 17 heavy (non-hydrogen) atoms. The van der Waals surface area contributed by atoms with E-state index in [9.17, 15) is 0 Å². The van der Waals surface area contributed by atoms with Gasteiger partial charge in [-0.25, -0.2) is 0 Å². The number of carbonyl (C=O) groups is 1. The van der Waals surface area contributed by atoms with Gasteiger partial charge in [0.2, 0.25) is 0 Å². The number of hydrogen-bond acceptors (Lipinski definition) is 2. The minimum Gasteiger partial charge on any atom is -0.550 e. The van der Waals surface area contributed by atoms with Crippen LogP contribution in [0.5, 0.6) is 0 Å². The molecule has 0 heterocycles. The first kappa shape index (κ1) is 19.2. The Hall–Kier alpha value is -0.100. The van der Waals surface area contributed by atoms with E-state index in [0.29, 0.717) is 0 Å². The Bertz CT molecular complexity index is 179. The molecule has 0 aliphatic heterocycles. The molecule has 0 spiro atoms. The van der Waals surface area contributed by atoms with Crippen molar-refractivity contribution < 1.29 is 9.90 Å². The molecule has 0 radical (unpaired) electrons. The van der Waals surface area contributed by atoms with Crippen LogP contribution >= 0.6 is 7.26 Å². The van der Waals surface area contributed by atoms with Crippen LogP contribution in [0.25, 0.3) is 0 Å². The van der Waals surface area contributed by atoms with Crippen molar-refractivity contribution in [1.82, 2.24) is 0 Å². The molecule has 104 valence electrons. The van der Waals surface area contributed by atoms with Crippen LogP contribution in [0.4, 0.5) is 0 Å². The van der Waals surface area contributed by atoms with Gasteiger partial charge in [-0.05, 0) is 62.3 Å². The average Bonchev–Trinajstić information content (AvgIpc) is 1.98. The van der Waals surface area contributed by atoms with Crippen molar-refractivity contribution in [3.8, 4) is 0 Å². The molecule has 0 aromatic carbocycles. The van der Waals surface area contributed by atoms with E-state index in [-0.39, 0.29) is 0 Å². The lowest BCUT2D eigenvalue weighted by Gasteiger charge is -2.41. The van der Waals surface area contributed by atoms with Crippen molar-refractivity contribution in [3.05, 3.63) is 0 Å². The lowest BCUT2D eigenvalue weighted by molar-refractivity contribution is -0.302. The van der Waals surface area contributed by atoms with Gasteiger partial charge in [0.15, 0.2) is 0 Å². The van der Waals surface area contributed by atoms with Gasteiger partial charge >= 0.3 is 0 Å². The molecule has 0 unspecified atom stereocenters. The summed E-state index contributed by atoms with van der Waals surface area (Å²) in [5.41, 5.74) is 3.53. The van der Waals surface area contributed by atoms with Crippen molar-refractivity contribution in [2.75, 3.05) is 0 Å². The fourth-order valence-electron chi connectivity index (χ4n) is 3.58. The molecule has 0 fully saturated rings. The van der Waals surface area contributed by atoms with Gasteiger partial charge in [-0.1, -0.05) is 0 Å². The Kier molecular flexibility index (Phi) is 9.15. The summed E-state index contributed by atoms with van der Waals surface area (Å²) in [5.74, 6) is -1.08. The van der Waals surface area contributed by atoms with Gasteiger partial charge in [0.1, 0.15) is 0 Å². The zero-order valence-electron chi connectivity index (χ0n) is 13.1. The Balaban J connectivity index is 0. The molecular formula is C14H31O2P. The van der Waals surface area contributed by atoms with Crippen LogP contribution in [0, 0.1) is 0 Å². The molecule has 2 nitrogen and oxygen atoms in total. The monoisotopic (exact) mass is 262 g/mol. The number of aliphatic carboxylic acids is 1. The van der Waals surface area contributed by atoms with Crippen LogP contribution in [0.15, 0.2) is 0 Å². The quantitative estimate of drug-likeness (QED) is 0.729. The molecule has 0 amide bonds. The minimum absolute atomic E-state index is 0.784. The lowest BCUT2D eigenvalue weighted by Crippen LogP contribution is -2.29. The number of carboxylic acids is 1. The second kappa shape index (κ2) is 8.08. The largest absolute Gasteiger partial charge is 0.550 e. The molecule has 0 aliphatic rings. The predicted octanol–water partition coefficient (Wildman–Crippen LogP) is 3.39. The van der Waals surface area contributed by atoms with Crippen LogP contribution in [0.2, 0.25) is 0 Å². The van der Waals surface area contributed by atoms with Gasteiger partial charge in [-0.15, -0.1) is 0 Å². The first-order chi connectivity index (χ1) is 7.51. The van der Waals surface area contributed by atoms with Crippen LogP contribution in [-0.2, 0) is 4.79 Å². The standard InChI is InChI=1S/C12H28P.C2H4O2/c1-9(2)13(10(3)4,11(5)6)12(7)8;1-2(3)4/h9-12H,1-8H3;1H3,(H,3,4)/q+1;/p-1. The molecule has 0 bridgehead atoms. The highest BCUT2D eigenvalue weighted by Crippen LogP contribution is 2.73. The van der Waals surface area contributed by atoms with E-state index in [1.807, 2.05) is 0 Å². The number of rotatable bonds is 4. The highest BCUT2D eigenvalue weighted by Gasteiger charge is 2.49. The molecule has 0 saturated carbocycles. The summed E-state index contributed by atoms with van der Waals surface area (Å²) in [6.45, 7) is 20.4. The van der Waals surface area contributed by atoms with E-state index < -0.39 is 13.2 Å². The van der Waals surface area contributed by atoms with Crippen LogP contribution < -0.4 is 5.11 Å². The van der Waals surface area contributed by atoms with E-state index in [2.05, 4.69) is 55.4 Å². The van der Waals surface area contributed by atoms with Gasteiger partial charge in [0, 0.05) is 13.2 Å². The van der Waals surface area contributed by atoms with Gasteiger partial charge in [-0.3, -0.25) is 0 Å². The second-order valence-corrected chi connectivity index (χ2v) is 11.7. The topological polar surface area (TPSA) is 40.1 Å². The Morgan fingerprint density at radius 2 is 0.882 bits per heavy atom. The molecule has 0 rings (SSSR count). The van der Waals surface area contributed by atoms with E-state index in [1.165, 1.54) is 0 Å². The Morgan fingerprint density at radius 3 is 0.882 bits per heavy atom. The second-order valence-electron chi connectivity index (χ2n) is 5.76. The molecular weight excluding hydrogens is 231 g/mol. The summed E-state index contributed by atoms with van der Waals surface area (Å²) < 4.78 is 0. The summed E-state index contributed by atoms with van der Waals surface area (Å²) >= 11 is 0. The van der Waals surface area contributed by atoms with Crippen molar-refractivity contribution in [2.24, 2.45) is 0 Å². The van der Waals surface area contributed by atoms with E-state index in [4.69, 9.17) is 9.90 Å². The van der Waals surface area contributed by atoms with E-state index >= 15 is 0 Å². The first-order valence-electron chi connectivity index (χ1n) is 6.56. The molecule has 0 aromatic rings. The maximum Gasteiger partial charge on any atom is 0.0649 e. The number of carbonyl (C=O) groups excluding carboxylic acids is 1. The minimum atomic E-state index is -1.08. The van der Waals surface area contributed by atoms with Gasteiger partial charge < -0.3 is 9.90 Å². The van der Waals surface area contributed by atoms with E-state index in [1.54, 1.807) is 0 Å². The third-order valence-electron chi connectivity index (χ3n) is 3.58. The smallest absolute Gasteiger partial charge is 0.0649 e. The van der Waals surface area contributed by atoms with Crippen molar-refractivity contribution in [3.63, 3.8) is 0 Å². The zero-order valence-corrected chi connectivity index (χ0v) is 14.0. The number of carboxylic acid groups (broad SMARTS) is 1. The molecule has 0 aliphatic carbocycles. The van der Waals surface area contributed by atoms with Crippen molar-refractivity contribution in [1.29, 1.82) is 0 Å². The van der Waals surface area contributed by atoms with Crippen molar-refractivity contribution in [2.45, 2.75) is 84.9 Å². The zero-order chi connectivity index (χ0) is 14.4. The molecule has 0 atom stereocenters. The summed E-state index contributed by atoms with van der Waals surface area (Å²) in [6.07, 6.45) is 0. The highest BCUT2D eigenvalue weighted by atomic mass is 31.2. The van der Waals surface area contributed by atoms with Gasteiger partial charge in [0.05, 0.1) is 22.6 Å². The first-order valence-corrected chi connectivity index (χ1v) is 8.63. The summed E-state index contributed by atoms with van der Waals surface area (Å²) in [6, 6.07) is 0. The molecule has 0 N–H and O–H groups in total. The normalized spacial score (nSPS) is 12.1. The summed E-state index contributed by atoms with van der Waals surface area (Å²) in [5, 5.41) is 8.89. The third-order valence-corrected chi connectivity index (χ3v) is 10.7. The third kappa shape index (κ3) is 5.38. The SMILES string of the molecule is CC(=O)[O-].CC(C)[P+](C(C)C)(C(C)C)C(C)C. The maximum absolute atomic E-state index is 8.89. The summed E-state index contributed by atoms with van der Waals surface area (Å²) in [7, 11) is -0.784. The molecule has 0 saturated heterocycles. The fraction of sp³-hybridized carbons (Fsp3) is 0.929. The van der Waals surface area contributed by atoms with Gasteiger partial charge in [-0.2, -0.15) is 0 Å². The van der Waals surface area contributed by atoms with Gasteiger partial charge in [0.25, 0.3) is 0 Å². The van der Waals surface area contributed by atoms with Crippen LogP contribution in [0.3, 0.4) is 0 Å². The average molecular weight is 262 g/mol. The lowest BCUT2D eigenvalue weighted by atomic mass is 10.5. The van der Waals surface area contributed by atoms with E-state index in [0.717, 1.165) is 29.6 Å². The van der Waals surface area contributed by atoms with Crippen LogP contribution in [-0.4, -0.2) is 28.6 Å². The number of hydrogen-bond donors (Lipinski definition) is 0. The Labute approximate surface area is 109 Å². The predicted molar refractivity (Wildman–Crippen MR) is 78.1 cm³/mol.